The van der Waals surface area contributed by atoms with Crippen molar-refractivity contribution in [1.29, 1.82) is 0 Å². The van der Waals surface area contributed by atoms with Crippen LogP contribution in [0.2, 0.25) is 0 Å². The van der Waals surface area contributed by atoms with Crippen molar-refractivity contribution in [2.75, 3.05) is 13.2 Å². The SMILES string of the molecule is C#CCNC(=O)COC(=O)[C@@H](C)N1C(=O)c2ccccc2C1=O. The zero-order valence-electron chi connectivity index (χ0n) is 12.4. The lowest BCUT2D eigenvalue weighted by molar-refractivity contribution is -0.151. The minimum atomic E-state index is -1.14. The van der Waals surface area contributed by atoms with Gasteiger partial charge in [0.25, 0.3) is 17.7 Å². The number of nitrogens with zero attached hydrogens (tertiary/aromatic N) is 1. The van der Waals surface area contributed by atoms with Crippen LogP contribution in [0.3, 0.4) is 0 Å². The average Bonchev–Trinajstić information content (AvgIpc) is 2.81. The minimum Gasteiger partial charge on any atom is -0.454 e. The van der Waals surface area contributed by atoms with Gasteiger partial charge in [-0.05, 0) is 19.1 Å². The van der Waals surface area contributed by atoms with E-state index in [-0.39, 0.29) is 17.7 Å². The lowest BCUT2D eigenvalue weighted by Gasteiger charge is -2.20. The summed E-state index contributed by atoms with van der Waals surface area (Å²) >= 11 is 0. The molecular formula is C16H14N2O5. The molecule has 0 fully saturated rings. The van der Waals surface area contributed by atoms with Crippen LogP contribution in [0.4, 0.5) is 0 Å². The van der Waals surface area contributed by atoms with Crippen molar-refractivity contribution in [3.8, 4) is 12.3 Å². The van der Waals surface area contributed by atoms with Crippen molar-refractivity contribution in [3.63, 3.8) is 0 Å². The van der Waals surface area contributed by atoms with E-state index in [9.17, 15) is 19.2 Å². The Bertz CT molecular complexity index is 684. The number of terminal acetylenes is 1. The summed E-state index contributed by atoms with van der Waals surface area (Å²) in [7, 11) is 0. The van der Waals surface area contributed by atoms with Crippen LogP contribution >= 0.6 is 0 Å². The minimum absolute atomic E-state index is 0.0182. The first-order valence-electron chi connectivity index (χ1n) is 6.81. The second-order valence-electron chi connectivity index (χ2n) is 4.79. The third-order valence-electron chi connectivity index (χ3n) is 3.29. The van der Waals surface area contributed by atoms with Gasteiger partial charge in [-0.1, -0.05) is 18.1 Å². The highest BCUT2D eigenvalue weighted by Gasteiger charge is 2.41. The van der Waals surface area contributed by atoms with E-state index in [2.05, 4.69) is 11.2 Å². The van der Waals surface area contributed by atoms with Crippen LogP contribution in [0.5, 0.6) is 0 Å². The molecule has 0 bridgehead atoms. The fourth-order valence-electron chi connectivity index (χ4n) is 2.12. The molecule has 1 aliphatic heterocycles. The van der Waals surface area contributed by atoms with Gasteiger partial charge in [-0.15, -0.1) is 6.42 Å². The number of carbonyl (C=O) groups excluding carboxylic acids is 4. The lowest BCUT2D eigenvalue weighted by Crippen LogP contribution is -2.44. The molecule has 118 valence electrons. The molecule has 1 aliphatic rings. The van der Waals surface area contributed by atoms with Crippen LogP contribution in [0.25, 0.3) is 0 Å². The molecule has 23 heavy (non-hydrogen) atoms. The predicted octanol–water partition coefficient (Wildman–Crippen LogP) is -0.0363. The number of amides is 3. The van der Waals surface area contributed by atoms with Crippen molar-refractivity contribution in [3.05, 3.63) is 35.4 Å². The van der Waals surface area contributed by atoms with E-state index in [1.165, 1.54) is 19.1 Å². The Labute approximate surface area is 132 Å². The van der Waals surface area contributed by atoms with E-state index in [1.54, 1.807) is 12.1 Å². The largest absolute Gasteiger partial charge is 0.454 e. The van der Waals surface area contributed by atoms with E-state index in [0.717, 1.165) is 4.90 Å². The van der Waals surface area contributed by atoms with Crippen LogP contribution in [0.1, 0.15) is 27.6 Å². The molecule has 0 aliphatic carbocycles. The van der Waals surface area contributed by atoms with Gasteiger partial charge in [-0.2, -0.15) is 0 Å². The quantitative estimate of drug-likeness (QED) is 0.468. The second kappa shape index (κ2) is 6.75. The molecule has 1 aromatic rings. The molecular weight excluding hydrogens is 300 g/mol. The maximum Gasteiger partial charge on any atom is 0.329 e. The van der Waals surface area contributed by atoms with E-state index < -0.39 is 36.3 Å². The first kappa shape index (κ1) is 16.2. The Morgan fingerprint density at radius 3 is 2.35 bits per heavy atom. The van der Waals surface area contributed by atoms with E-state index in [0.29, 0.717) is 0 Å². The molecule has 7 heteroatoms. The number of esters is 1. The van der Waals surface area contributed by atoms with Crippen molar-refractivity contribution < 1.29 is 23.9 Å². The predicted molar refractivity (Wildman–Crippen MR) is 79.2 cm³/mol. The molecule has 2 rings (SSSR count). The van der Waals surface area contributed by atoms with Crippen LogP contribution in [0, 0.1) is 12.3 Å². The fraction of sp³-hybridized carbons (Fsp3) is 0.250. The maximum absolute atomic E-state index is 12.2. The smallest absolute Gasteiger partial charge is 0.329 e. The highest BCUT2D eigenvalue weighted by Crippen LogP contribution is 2.24. The number of hydrogen-bond donors (Lipinski definition) is 1. The van der Waals surface area contributed by atoms with Gasteiger partial charge in [0.15, 0.2) is 6.61 Å². The number of hydrogen-bond acceptors (Lipinski definition) is 5. The van der Waals surface area contributed by atoms with E-state index in [4.69, 9.17) is 11.2 Å². The molecule has 1 heterocycles. The number of imide groups is 1. The maximum atomic E-state index is 12.2. The Kier molecular flexibility index (Phi) is 4.76. The van der Waals surface area contributed by atoms with Gasteiger partial charge in [0, 0.05) is 0 Å². The topological polar surface area (TPSA) is 92.8 Å². The molecule has 0 saturated heterocycles. The Hall–Kier alpha value is -3.14. The summed E-state index contributed by atoms with van der Waals surface area (Å²) in [5.41, 5.74) is 0.479. The Morgan fingerprint density at radius 2 is 1.83 bits per heavy atom. The zero-order chi connectivity index (χ0) is 17.0. The third-order valence-corrected chi connectivity index (χ3v) is 3.29. The van der Waals surface area contributed by atoms with Gasteiger partial charge in [0.05, 0.1) is 17.7 Å². The van der Waals surface area contributed by atoms with Crippen molar-refractivity contribution in [2.24, 2.45) is 0 Å². The summed E-state index contributed by atoms with van der Waals surface area (Å²) in [6.07, 6.45) is 4.98. The molecule has 1 N–H and O–H groups in total. The van der Waals surface area contributed by atoms with Gasteiger partial charge in [-0.25, -0.2) is 4.79 Å². The second-order valence-corrected chi connectivity index (χ2v) is 4.79. The van der Waals surface area contributed by atoms with Crippen molar-refractivity contribution >= 4 is 23.7 Å². The number of benzene rings is 1. The third kappa shape index (κ3) is 3.21. The van der Waals surface area contributed by atoms with Gasteiger partial charge in [0.2, 0.25) is 0 Å². The number of fused-ring (bicyclic) bond motifs is 1. The summed E-state index contributed by atoms with van der Waals surface area (Å²) < 4.78 is 4.80. The van der Waals surface area contributed by atoms with E-state index in [1.807, 2.05) is 0 Å². The summed E-state index contributed by atoms with van der Waals surface area (Å²) in [5, 5.41) is 2.33. The first-order chi connectivity index (χ1) is 11.0. The normalized spacial score (nSPS) is 14.0. The fourth-order valence-corrected chi connectivity index (χ4v) is 2.12. The average molecular weight is 314 g/mol. The van der Waals surface area contributed by atoms with E-state index >= 15 is 0 Å². The van der Waals surface area contributed by atoms with Gasteiger partial charge >= 0.3 is 5.97 Å². The van der Waals surface area contributed by atoms with Crippen LogP contribution in [0.15, 0.2) is 24.3 Å². The van der Waals surface area contributed by atoms with Gasteiger partial charge < -0.3 is 10.1 Å². The molecule has 0 spiro atoms. The van der Waals surface area contributed by atoms with Gasteiger partial charge in [0.1, 0.15) is 6.04 Å². The molecule has 1 aromatic carbocycles. The zero-order valence-corrected chi connectivity index (χ0v) is 12.4. The summed E-state index contributed by atoms with van der Waals surface area (Å²) in [5.74, 6) is -0.336. The monoisotopic (exact) mass is 314 g/mol. The number of nitrogens with one attached hydrogen (secondary N) is 1. The lowest BCUT2D eigenvalue weighted by atomic mass is 10.1. The highest BCUT2D eigenvalue weighted by molar-refractivity contribution is 6.22. The van der Waals surface area contributed by atoms with Crippen LogP contribution < -0.4 is 5.32 Å². The summed E-state index contributed by atoms with van der Waals surface area (Å²) in [6.45, 7) is 0.849. The van der Waals surface area contributed by atoms with Crippen molar-refractivity contribution in [1.82, 2.24) is 10.2 Å². The summed E-state index contributed by atoms with van der Waals surface area (Å²) in [4.78, 5) is 48.6. The molecule has 0 radical (unpaired) electrons. The highest BCUT2D eigenvalue weighted by atomic mass is 16.5. The Balaban J connectivity index is 2.01. The molecule has 0 aromatic heterocycles. The van der Waals surface area contributed by atoms with Gasteiger partial charge in [-0.3, -0.25) is 19.3 Å². The standard InChI is InChI=1S/C16H14N2O5/c1-3-8-17-13(19)9-23-16(22)10(2)18-14(20)11-6-4-5-7-12(11)15(18)21/h1,4-7,10H,8-9H2,2H3,(H,17,19)/t10-/m1/s1. The molecule has 0 unspecified atom stereocenters. The molecule has 0 saturated carbocycles. The van der Waals surface area contributed by atoms with Crippen molar-refractivity contribution in [2.45, 2.75) is 13.0 Å². The van der Waals surface area contributed by atoms with Crippen LogP contribution in [-0.2, 0) is 14.3 Å². The Morgan fingerprint density at radius 1 is 1.26 bits per heavy atom. The molecule has 1 atom stereocenters. The number of carbonyl (C=O) groups is 4. The summed E-state index contributed by atoms with van der Waals surface area (Å²) in [6, 6.07) is 5.16. The first-order valence-corrected chi connectivity index (χ1v) is 6.81. The molecule has 7 nitrogen and oxygen atoms in total. The number of ether oxygens (including phenoxy) is 1. The van der Waals surface area contributed by atoms with Crippen LogP contribution in [-0.4, -0.2) is 47.8 Å². The molecule has 3 amide bonds. The number of rotatable bonds is 5.